The van der Waals surface area contributed by atoms with Gasteiger partial charge in [-0.05, 0) is 52.7 Å². The lowest BCUT2D eigenvalue weighted by Crippen LogP contribution is -2.31. The normalized spacial score (nSPS) is 11.6. The lowest BCUT2D eigenvalue weighted by molar-refractivity contribution is 0.249. The van der Waals surface area contributed by atoms with Crippen molar-refractivity contribution in [3.8, 4) is 5.75 Å². The van der Waals surface area contributed by atoms with Crippen LogP contribution in [0.5, 0.6) is 5.75 Å². The van der Waals surface area contributed by atoms with E-state index in [1.165, 1.54) is 0 Å². The van der Waals surface area contributed by atoms with Crippen molar-refractivity contribution in [1.82, 2.24) is 5.32 Å². The fourth-order valence-electron chi connectivity index (χ4n) is 1.89. The summed E-state index contributed by atoms with van der Waals surface area (Å²) in [4.78, 5) is 12.0. The molecule has 0 aromatic heterocycles. The minimum Gasteiger partial charge on any atom is -0.497 e. The number of benzene rings is 2. The second-order valence-corrected chi connectivity index (χ2v) is 5.43. The van der Waals surface area contributed by atoms with Gasteiger partial charge in [-0.3, -0.25) is 0 Å². The van der Waals surface area contributed by atoms with Crippen molar-refractivity contribution < 1.29 is 9.53 Å². The van der Waals surface area contributed by atoms with Crippen molar-refractivity contribution in [2.45, 2.75) is 13.0 Å². The summed E-state index contributed by atoms with van der Waals surface area (Å²) in [5, 5.41) is 5.71. The molecule has 0 saturated heterocycles. The second-order valence-electron chi connectivity index (χ2n) is 4.57. The minimum atomic E-state index is -0.245. The van der Waals surface area contributed by atoms with E-state index < -0.39 is 0 Å². The number of carbonyl (C=O) groups excluding carboxylic acids is 1. The van der Waals surface area contributed by atoms with Crippen LogP contribution in [-0.2, 0) is 0 Å². The maximum absolute atomic E-state index is 12.0. The zero-order valence-electron chi connectivity index (χ0n) is 11.9. The molecule has 0 bridgehead atoms. The number of para-hydroxylation sites is 1. The van der Waals surface area contributed by atoms with Gasteiger partial charge in [-0.2, -0.15) is 0 Å². The van der Waals surface area contributed by atoms with E-state index in [9.17, 15) is 4.79 Å². The van der Waals surface area contributed by atoms with Gasteiger partial charge in [0.1, 0.15) is 5.75 Å². The Morgan fingerprint density at radius 3 is 2.43 bits per heavy atom. The molecule has 2 amide bonds. The van der Waals surface area contributed by atoms with Gasteiger partial charge in [-0.15, -0.1) is 0 Å². The highest BCUT2D eigenvalue weighted by atomic mass is 79.9. The zero-order valence-corrected chi connectivity index (χ0v) is 13.5. The molecular formula is C16H17BrN2O2. The summed E-state index contributed by atoms with van der Waals surface area (Å²) in [5.41, 5.74) is 1.75. The fourth-order valence-corrected chi connectivity index (χ4v) is 2.28. The highest BCUT2D eigenvalue weighted by Crippen LogP contribution is 2.21. The predicted octanol–water partition coefficient (Wildman–Crippen LogP) is 4.34. The first-order chi connectivity index (χ1) is 10.1. The number of nitrogens with one attached hydrogen (secondary N) is 2. The van der Waals surface area contributed by atoms with Crippen molar-refractivity contribution in [3.63, 3.8) is 0 Å². The Labute approximate surface area is 132 Å². The largest absolute Gasteiger partial charge is 0.497 e. The van der Waals surface area contributed by atoms with Crippen LogP contribution >= 0.6 is 15.9 Å². The van der Waals surface area contributed by atoms with E-state index in [0.717, 1.165) is 21.5 Å². The third-order valence-corrected chi connectivity index (χ3v) is 3.78. The molecule has 5 heteroatoms. The van der Waals surface area contributed by atoms with Crippen LogP contribution in [0.3, 0.4) is 0 Å². The molecule has 2 aromatic carbocycles. The average Bonchev–Trinajstić information content (AvgIpc) is 2.49. The van der Waals surface area contributed by atoms with Crippen LogP contribution in [0.2, 0.25) is 0 Å². The van der Waals surface area contributed by atoms with E-state index >= 15 is 0 Å². The van der Waals surface area contributed by atoms with E-state index in [4.69, 9.17) is 4.74 Å². The number of rotatable bonds is 4. The van der Waals surface area contributed by atoms with E-state index in [1.54, 1.807) is 7.11 Å². The number of amides is 2. The lowest BCUT2D eigenvalue weighted by atomic mass is 10.1. The highest BCUT2D eigenvalue weighted by molar-refractivity contribution is 9.10. The number of ether oxygens (including phenoxy) is 1. The molecule has 0 radical (unpaired) electrons. The second kappa shape index (κ2) is 7.13. The van der Waals surface area contributed by atoms with Gasteiger partial charge in [0.2, 0.25) is 0 Å². The number of urea groups is 1. The maximum Gasteiger partial charge on any atom is 0.319 e. The number of hydrogen-bond acceptors (Lipinski definition) is 2. The van der Waals surface area contributed by atoms with E-state index in [-0.39, 0.29) is 12.1 Å². The molecule has 0 aliphatic carbocycles. The molecule has 4 nitrogen and oxygen atoms in total. The van der Waals surface area contributed by atoms with Gasteiger partial charge < -0.3 is 15.4 Å². The molecule has 0 saturated carbocycles. The Bertz CT molecular complexity index is 614. The quantitative estimate of drug-likeness (QED) is 0.863. The van der Waals surface area contributed by atoms with Gasteiger partial charge in [0.25, 0.3) is 0 Å². The third kappa shape index (κ3) is 4.23. The van der Waals surface area contributed by atoms with Gasteiger partial charge in [0.05, 0.1) is 18.8 Å². The van der Waals surface area contributed by atoms with Gasteiger partial charge in [-0.25, -0.2) is 4.79 Å². The molecule has 2 rings (SSSR count). The molecule has 0 unspecified atom stereocenters. The topological polar surface area (TPSA) is 50.4 Å². The van der Waals surface area contributed by atoms with E-state index in [1.807, 2.05) is 55.5 Å². The lowest BCUT2D eigenvalue weighted by Gasteiger charge is -2.16. The Balaban J connectivity index is 1.97. The molecule has 0 heterocycles. The Morgan fingerprint density at radius 2 is 1.81 bits per heavy atom. The minimum absolute atomic E-state index is 0.0987. The number of methoxy groups -OCH3 is 1. The Hall–Kier alpha value is -2.01. The average molecular weight is 349 g/mol. The molecule has 0 spiro atoms. The molecule has 0 fully saturated rings. The number of halogens is 1. The Morgan fingerprint density at radius 1 is 1.14 bits per heavy atom. The molecule has 21 heavy (non-hydrogen) atoms. The van der Waals surface area contributed by atoms with E-state index in [2.05, 4.69) is 26.6 Å². The predicted molar refractivity (Wildman–Crippen MR) is 87.7 cm³/mol. The first kappa shape index (κ1) is 15.4. The van der Waals surface area contributed by atoms with Crippen LogP contribution < -0.4 is 15.4 Å². The van der Waals surface area contributed by atoms with Crippen molar-refractivity contribution in [2.75, 3.05) is 12.4 Å². The van der Waals surface area contributed by atoms with Crippen molar-refractivity contribution in [1.29, 1.82) is 0 Å². The van der Waals surface area contributed by atoms with Gasteiger partial charge in [0, 0.05) is 4.47 Å². The summed E-state index contributed by atoms with van der Waals surface area (Å²) < 4.78 is 5.96. The van der Waals surface area contributed by atoms with Gasteiger partial charge >= 0.3 is 6.03 Å². The van der Waals surface area contributed by atoms with E-state index in [0.29, 0.717) is 0 Å². The van der Waals surface area contributed by atoms with Crippen LogP contribution in [0, 0.1) is 0 Å². The summed E-state index contributed by atoms with van der Waals surface area (Å²) in [7, 11) is 1.63. The fraction of sp³-hybridized carbons (Fsp3) is 0.188. The zero-order chi connectivity index (χ0) is 15.2. The summed E-state index contributed by atoms with van der Waals surface area (Å²) in [6.07, 6.45) is 0. The van der Waals surface area contributed by atoms with Crippen molar-refractivity contribution in [2.24, 2.45) is 0 Å². The number of carbonyl (C=O) groups is 1. The van der Waals surface area contributed by atoms with Crippen LogP contribution in [0.1, 0.15) is 18.5 Å². The first-order valence-electron chi connectivity index (χ1n) is 6.56. The number of hydrogen-bond donors (Lipinski definition) is 2. The smallest absolute Gasteiger partial charge is 0.319 e. The van der Waals surface area contributed by atoms with Crippen LogP contribution in [0.15, 0.2) is 53.0 Å². The first-order valence-corrected chi connectivity index (χ1v) is 7.35. The number of anilines is 1. The maximum atomic E-state index is 12.0. The molecule has 2 aromatic rings. The molecule has 110 valence electrons. The molecule has 1 atom stereocenters. The highest BCUT2D eigenvalue weighted by Gasteiger charge is 2.10. The van der Waals surface area contributed by atoms with Crippen molar-refractivity contribution >= 4 is 27.6 Å². The van der Waals surface area contributed by atoms with Crippen LogP contribution in [-0.4, -0.2) is 13.1 Å². The summed E-state index contributed by atoms with van der Waals surface area (Å²) in [6.45, 7) is 1.93. The molecule has 0 aliphatic rings. The van der Waals surface area contributed by atoms with Crippen molar-refractivity contribution in [3.05, 3.63) is 58.6 Å². The summed E-state index contributed by atoms with van der Waals surface area (Å²) in [5.74, 6) is 0.795. The SMILES string of the molecule is COc1ccc([C@H](C)NC(=O)Nc2ccccc2Br)cc1. The Kier molecular flexibility index (Phi) is 5.22. The van der Waals surface area contributed by atoms with Crippen LogP contribution in [0.25, 0.3) is 0 Å². The van der Waals surface area contributed by atoms with Crippen LogP contribution in [0.4, 0.5) is 10.5 Å². The standard InChI is InChI=1S/C16H17BrN2O2/c1-11(12-7-9-13(21-2)10-8-12)18-16(20)19-15-6-4-3-5-14(15)17/h3-11H,1-2H3,(H2,18,19,20)/t11-/m0/s1. The molecule has 2 N–H and O–H groups in total. The summed E-state index contributed by atoms with van der Waals surface area (Å²) >= 11 is 3.40. The third-order valence-electron chi connectivity index (χ3n) is 3.09. The molecular weight excluding hydrogens is 332 g/mol. The van der Waals surface area contributed by atoms with Gasteiger partial charge in [0.15, 0.2) is 0 Å². The molecule has 0 aliphatic heterocycles. The summed E-state index contributed by atoms with van der Waals surface area (Å²) in [6, 6.07) is 14.7. The monoisotopic (exact) mass is 348 g/mol. The van der Waals surface area contributed by atoms with Gasteiger partial charge in [-0.1, -0.05) is 24.3 Å².